The van der Waals surface area contributed by atoms with Crippen molar-refractivity contribution in [2.24, 2.45) is 0 Å². The predicted octanol–water partition coefficient (Wildman–Crippen LogP) is 3.42. The van der Waals surface area contributed by atoms with Crippen molar-refractivity contribution in [3.8, 4) is 5.82 Å². The molecular formula is C17H15ClN8O2S. The van der Waals surface area contributed by atoms with E-state index in [1.54, 1.807) is 19.4 Å². The molecule has 4 heterocycles. The molecule has 0 saturated heterocycles. The highest BCUT2D eigenvalue weighted by Gasteiger charge is 2.15. The number of carbonyl (C=O) groups is 1. The molecule has 12 heteroatoms. The lowest BCUT2D eigenvalue weighted by Gasteiger charge is -2.12. The van der Waals surface area contributed by atoms with Crippen molar-refractivity contribution in [1.29, 1.82) is 0 Å². The summed E-state index contributed by atoms with van der Waals surface area (Å²) >= 11 is 7.71. The van der Waals surface area contributed by atoms with Gasteiger partial charge in [-0.3, -0.25) is 0 Å². The minimum Gasteiger partial charge on any atom is -0.380 e. The molecule has 2 amide bonds. The number of halogens is 1. The number of thiazole rings is 1. The van der Waals surface area contributed by atoms with Gasteiger partial charge in [0, 0.05) is 12.7 Å². The van der Waals surface area contributed by atoms with E-state index in [1.807, 2.05) is 6.92 Å². The molecule has 0 saturated carbocycles. The molecule has 4 aromatic heterocycles. The number of hydrogen-bond donors (Lipinski definition) is 2. The number of aryl methyl sites for hydroxylation is 1. The SMILES string of the molecule is COCc1c(NC(=O)Nc2cnc(-n3nccn3)c(Cl)c2)cnc2sc(C)nc12. The number of urea groups is 1. The summed E-state index contributed by atoms with van der Waals surface area (Å²) in [6, 6.07) is 1.09. The number of nitrogens with one attached hydrogen (secondary N) is 2. The molecule has 0 aliphatic heterocycles. The molecule has 0 aliphatic rings. The van der Waals surface area contributed by atoms with Crippen molar-refractivity contribution in [3.63, 3.8) is 0 Å². The van der Waals surface area contributed by atoms with E-state index in [1.165, 1.54) is 34.7 Å². The van der Waals surface area contributed by atoms with E-state index >= 15 is 0 Å². The van der Waals surface area contributed by atoms with Gasteiger partial charge in [-0.2, -0.15) is 10.2 Å². The number of aromatic nitrogens is 6. The van der Waals surface area contributed by atoms with E-state index in [0.717, 1.165) is 15.4 Å². The standard InChI is InChI=1S/C17H15ClN8O2S/c1-9-23-14-11(8-28-2)13(7-20-16(14)29-9)25-17(27)24-10-5-12(18)15(19-6-10)26-21-3-4-22-26/h3-7H,8H2,1-2H3,(H2,24,25,27). The smallest absolute Gasteiger partial charge is 0.323 e. The highest BCUT2D eigenvalue weighted by Crippen LogP contribution is 2.28. The normalized spacial score (nSPS) is 11.0. The van der Waals surface area contributed by atoms with Gasteiger partial charge in [-0.15, -0.1) is 4.80 Å². The maximum Gasteiger partial charge on any atom is 0.323 e. The first-order valence-electron chi connectivity index (χ1n) is 8.39. The predicted molar refractivity (Wildman–Crippen MR) is 110 cm³/mol. The Labute approximate surface area is 173 Å². The highest BCUT2D eigenvalue weighted by atomic mass is 35.5. The van der Waals surface area contributed by atoms with Gasteiger partial charge in [-0.05, 0) is 13.0 Å². The van der Waals surface area contributed by atoms with Crippen LogP contribution in [0, 0.1) is 6.92 Å². The Hall–Kier alpha value is -3.15. The molecule has 0 aliphatic carbocycles. The molecule has 4 aromatic rings. The van der Waals surface area contributed by atoms with Crippen LogP contribution in [0.1, 0.15) is 10.6 Å². The third-order valence-corrected chi connectivity index (χ3v) is 5.02. The number of amides is 2. The summed E-state index contributed by atoms with van der Waals surface area (Å²) in [5.74, 6) is 0.360. The third-order valence-electron chi connectivity index (χ3n) is 3.86. The van der Waals surface area contributed by atoms with Gasteiger partial charge < -0.3 is 15.4 Å². The molecule has 29 heavy (non-hydrogen) atoms. The fourth-order valence-corrected chi connectivity index (χ4v) is 3.71. The monoisotopic (exact) mass is 430 g/mol. The Bertz CT molecular complexity index is 1180. The number of rotatable bonds is 5. The van der Waals surface area contributed by atoms with Crippen LogP contribution < -0.4 is 10.6 Å². The van der Waals surface area contributed by atoms with E-state index in [-0.39, 0.29) is 6.61 Å². The van der Waals surface area contributed by atoms with Crippen molar-refractivity contribution >= 4 is 50.7 Å². The van der Waals surface area contributed by atoms with Crippen LogP contribution in [0.3, 0.4) is 0 Å². The number of ether oxygens (including phenoxy) is 1. The minimum absolute atomic E-state index is 0.288. The van der Waals surface area contributed by atoms with Crippen molar-refractivity contribution in [2.75, 3.05) is 17.7 Å². The summed E-state index contributed by atoms with van der Waals surface area (Å²) in [6.07, 6.45) is 6.09. The molecule has 148 valence electrons. The Morgan fingerprint density at radius 3 is 2.76 bits per heavy atom. The fraction of sp³-hybridized carbons (Fsp3) is 0.176. The van der Waals surface area contributed by atoms with Crippen LogP contribution >= 0.6 is 22.9 Å². The van der Waals surface area contributed by atoms with Gasteiger partial charge in [0.2, 0.25) is 0 Å². The average Bonchev–Trinajstić information content (AvgIpc) is 3.33. The zero-order valence-corrected chi connectivity index (χ0v) is 17.0. The zero-order valence-electron chi connectivity index (χ0n) is 15.4. The van der Waals surface area contributed by atoms with Gasteiger partial charge in [-0.25, -0.2) is 19.7 Å². The van der Waals surface area contributed by atoms with Crippen LogP contribution in [0.5, 0.6) is 0 Å². The molecule has 0 radical (unpaired) electrons. The zero-order chi connectivity index (χ0) is 20.4. The third kappa shape index (κ3) is 4.01. The first-order chi connectivity index (χ1) is 14.0. The van der Waals surface area contributed by atoms with Crippen molar-refractivity contribution in [1.82, 2.24) is 29.9 Å². The Balaban J connectivity index is 1.54. The largest absolute Gasteiger partial charge is 0.380 e. The second-order valence-electron chi connectivity index (χ2n) is 5.90. The summed E-state index contributed by atoms with van der Waals surface area (Å²) in [5, 5.41) is 14.6. The summed E-state index contributed by atoms with van der Waals surface area (Å²) in [4.78, 5) is 27.6. The number of methoxy groups -OCH3 is 1. The highest BCUT2D eigenvalue weighted by molar-refractivity contribution is 7.18. The van der Waals surface area contributed by atoms with Crippen LogP contribution in [0.15, 0.2) is 30.9 Å². The van der Waals surface area contributed by atoms with E-state index in [9.17, 15) is 4.79 Å². The lowest BCUT2D eigenvalue weighted by molar-refractivity contribution is 0.186. The maximum atomic E-state index is 12.5. The second-order valence-corrected chi connectivity index (χ2v) is 7.49. The summed E-state index contributed by atoms with van der Waals surface area (Å²) in [7, 11) is 1.58. The second kappa shape index (κ2) is 8.07. The first-order valence-corrected chi connectivity index (χ1v) is 9.59. The van der Waals surface area contributed by atoms with Gasteiger partial charge in [0.05, 0.1) is 52.8 Å². The first kappa shape index (κ1) is 19.2. The van der Waals surface area contributed by atoms with Crippen molar-refractivity contribution < 1.29 is 9.53 Å². The van der Waals surface area contributed by atoms with Gasteiger partial charge >= 0.3 is 6.03 Å². The van der Waals surface area contributed by atoms with Crippen LogP contribution in [-0.2, 0) is 11.3 Å². The summed E-state index contributed by atoms with van der Waals surface area (Å²) in [6.45, 7) is 2.19. The van der Waals surface area contributed by atoms with Crippen molar-refractivity contribution in [2.45, 2.75) is 13.5 Å². The lowest BCUT2D eigenvalue weighted by atomic mass is 10.2. The van der Waals surface area contributed by atoms with E-state index in [2.05, 4.69) is 35.8 Å². The minimum atomic E-state index is -0.474. The molecular weight excluding hydrogens is 416 g/mol. The number of carbonyl (C=O) groups excluding carboxylic acids is 1. The fourth-order valence-electron chi connectivity index (χ4n) is 2.68. The molecule has 2 N–H and O–H groups in total. The van der Waals surface area contributed by atoms with E-state index in [4.69, 9.17) is 16.3 Å². The molecule has 4 rings (SSSR count). The lowest BCUT2D eigenvalue weighted by Crippen LogP contribution is -2.21. The van der Waals surface area contributed by atoms with Crippen LogP contribution in [0.25, 0.3) is 16.2 Å². The summed E-state index contributed by atoms with van der Waals surface area (Å²) < 4.78 is 5.27. The maximum absolute atomic E-state index is 12.5. The van der Waals surface area contributed by atoms with E-state index in [0.29, 0.717) is 27.7 Å². The van der Waals surface area contributed by atoms with Gasteiger partial charge in [0.1, 0.15) is 10.3 Å². The molecule has 0 spiro atoms. The molecule has 0 fully saturated rings. The average molecular weight is 431 g/mol. The van der Waals surface area contributed by atoms with Crippen LogP contribution in [-0.4, -0.2) is 43.1 Å². The molecule has 0 atom stereocenters. The van der Waals surface area contributed by atoms with E-state index < -0.39 is 6.03 Å². The molecule has 10 nitrogen and oxygen atoms in total. The molecule has 0 unspecified atom stereocenters. The van der Waals surface area contributed by atoms with Crippen molar-refractivity contribution in [3.05, 3.63) is 46.4 Å². The number of anilines is 2. The quantitative estimate of drug-likeness (QED) is 0.497. The summed E-state index contributed by atoms with van der Waals surface area (Å²) in [5.41, 5.74) is 2.40. The topological polar surface area (TPSA) is 120 Å². The Kier molecular flexibility index (Phi) is 5.34. The Morgan fingerprint density at radius 1 is 1.24 bits per heavy atom. The molecule has 0 aromatic carbocycles. The number of fused-ring (bicyclic) bond motifs is 1. The number of pyridine rings is 2. The van der Waals surface area contributed by atoms with Crippen LogP contribution in [0.2, 0.25) is 5.02 Å². The number of nitrogens with zero attached hydrogens (tertiary/aromatic N) is 6. The Morgan fingerprint density at radius 2 is 2.03 bits per heavy atom. The van der Waals surface area contributed by atoms with Gasteiger partial charge in [-0.1, -0.05) is 22.9 Å². The van der Waals surface area contributed by atoms with Crippen LogP contribution in [0.4, 0.5) is 16.2 Å². The number of hydrogen-bond acceptors (Lipinski definition) is 8. The van der Waals surface area contributed by atoms with Gasteiger partial charge in [0.15, 0.2) is 5.82 Å². The molecule has 0 bridgehead atoms. The van der Waals surface area contributed by atoms with Gasteiger partial charge in [0.25, 0.3) is 0 Å².